The minimum atomic E-state index is -0.595. The van der Waals surface area contributed by atoms with Crippen LogP contribution in [0.5, 0.6) is 17.2 Å². The molecule has 0 heterocycles. The molecule has 138 valence electrons. The standard InChI is InChI=1S/C17H16Cl2N2O5/c1-24-13-5-4-10(18)8-11(13)17(23)21-20-16(22)9-6-12(19)15(26-3)14(7-9)25-2/h4-8H,1-3H3,(H,20,22)(H,21,23). The molecule has 0 aliphatic rings. The molecular formula is C17H16Cl2N2O5. The molecule has 2 aromatic rings. The van der Waals surface area contributed by atoms with Crippen LogP contribution in [0.1, 0.15) is 20.7 Å². The van der Waals surface area contributed by atoms with E-state index >= 15 is 0 Å². The summed E-state index contributed by atoms with van der Waals surface area (Å²) in [6.07, 6.45) is 0. The zero-order valence-electron chi connectivity index (χ0n) is 14.2. The molecule has 26 heavy (non-hydrogen) atoms. The highest BCUT2D eigenvalue weighted by molar-refractivity contribution is 6.32. The van der Waals surface area contributed by atoms with Crippen molar-refractivity contribution in [1.29, 1.82) is 0 Å². The number of carbonyl (C=O) groups excluding carboxylic acids is 2. The monoisotopic (exact) mass is 398 g/mol. The highest BCUT2D eigenvalue weighted by atomic mass is 35.5. The van der Waals surface area contributed by atoms with Gasteiger partial charge in [0, 0.05) is 10.6 Å². The Morgan fingerprint density at radius 3 is 2.12 bits per heavy atom. The van der Waals surface area contributed by atoms with Crippen molar-refractivity contribution in [3.63, 3.8) is 0 Å². The van der Waals surface area contributed by atoms with Crippen LogP contribution in [-0.2, 0) is 0 Å². The first-order valence-corrected chi connectivity index (χ1v) is 8.02. The third-order valence-corrected chi connectivity index (χ3v) is 3.91. The summed E-state index contributed by atoms with van der Waals surface area (Å²) in [5.41, 5.74) is 4.93. The summed E-state index contributed by atoms with van der Waals surface area (Å²) in [6.45, 7) is 0. The van der Waals surface area contributed by atoms with E-state index in [0.29, 0.717) is 16.5 Å². The molecule has 0 atom stereocenters. The van der Waals surface area contributed by atoms with Gasteiger partial charge in [0.25, 0.3) is 11.8 Å². The Bertz CT molecular complexity index is 842. The van der Waals surface area contributed by atoms with E-state index in [4.69, 9.17) is 37.4 Å². The lowest BCUT2D eigenvalue weighted by molar-refractivity contribution is 0.0844. The van der Waals surface area contributed by atoms with Crippen molar-refractivity contribution in [3.05, 3.63) is 51.5 Å². The van der Waals surface area contributed by atoms with Gasteiger partial charge in [0.2, 0.25) is 0 Å². The molecule has 9 heteroatoms. The number of carbonyl (C=O) groups is 2. The van der Waals surface area contributed by atoms with E-state index in [1.54, 1.807) is 12.1 Å². The number of benzene rings is 2. The first kappa shape index (κ1) is 19.7. The SMILES string of the molecule is COc1ccc(Cl)cc1C(=O)NNC(=O)c1cc(Cl)c(OC)c(OC)c1. The fraction of sp³-hybridized carbons (Fsp3) is 0.176. The third-order valence-electron chi connectivity index (χ3n) is 3.39. The molecule has 2 aromatic carbocycles. The van der Waals surface area contributed by atoms with Crippen LogP contribution < -0.4 is 25.1 Å². The summed E-state index contributed by atoms with van der Waals surface area (Å²) in [7, 11) is 4.27. The van der Waals surface area contributed by atoms with Crippen molar-refractivity contribution >= 4 is 35.0 Å². The number of hydrogen-bond acceptors (Lipinski definition) is 5. The number of hydrazine groups is 1. The van der Waals surface area contributed by atoms with Gasteiger partial charge in [0.15, 0.2) is 11.5 Å². The Labute approximate surface area is 160 Å². The summed E-state index contributed by atoms with van der Waals surface area (Å²) in [6, 6.07) is 7.39. The molecule has 0 aliphatic carbocycles. The van der Waals surface area contributed by atoms with Gasteiger partial charge in [-0.15, -0.1) is 0 Å². The molecule has 0 spiro atoms. The minimum absolute atomic E-state index is 0.172. The molecule has 2 rings (SSSR count). The van der Waals surface area contributed by atoms with Crippen LogP contribution in [0.15, 0.2) is 30.3 Å². The maximum atomic E-state index is 12.3. The van der Waals surface area contributed by atoms with Gasteiger partial charge in [-0.25, -0.2) is 0 Å². The third kappa shape index (κ3) is 4.30. The van der Waals surface area contributed by atoms with Crippen LogP contribution in [-0.4, -0.2) is 33.1 Å². The average molecular weight is 399 g/mol. The molecule has 0 unspecified atom stereocenters. The average Bonchev–Trinajstić information content (AvgIpc) is 2.64. The fourth-order valence-corrected chi connectivity index (χ4v) is 2.62. The highest BCUT2D eigenvalue weighted by Gasteiger charge is 2.17. The Balaban J connectivity index is 2.15. The summed E-state index contributed by atoms with van der Waals surface area (Å²) >= 11 is 12.0. The van der Waals surface area contributed by atoms with E-state index in [-0.39, 0.29) is 21.9 Å². The van der Waals surface area contributed by atoms with Gasteiger partial charge in [-0.05, 0) is 30.3 Å². The van der Waals surface area contributed by atoms with E-state index in [2.05, 4.69) is 10.9 Å². The van der Waals surface area contributed by atoms with E-state index in [1.807, 2.05) is 0 Å². The van der Waals surface area contributed by atoms with Gasteiger partial charge in [0.1, 0.15) is 5.75 Å². The van der Waals surface area contributed by atoms with E-state index in [1.165, 1.54) is 39.5 Å². The Hall–Kier alpha value is -2.64. The van der Waals surface area contributed by atoms with Gasteiger partial charge in [0.05, 0.1) is 31.9 Å². The van der Waals surface area contributed by atoms with Gasteiger partial charge >= 0.3 is 0 Å². The van der Waals surface area contributed by atoms with Crippen molar-refractivity contribution < 1.29 is 23.8 Å². The van der Waals surface area contributed by atoms with Crippen LogP contribution in [0, 0.1) is 0 Å². The van der Waals surface area contributed by atoms with Gasteiger partial charge in [-0.1, -0.05) is 23.2 Å². The quantitative estimate of drug-likeness (QED) is 0.755. The number of methoxy groups -OCH3 is 3. The molecule has 2 N–H and O–H groups in total. The first-order valence-electron chi connectivity index (χ1n) is 7.27. The van der Waals surface area contributed by atoms with Crippen LogP contribution in [0.3, 0.4) is 0 Å². The minimum Gasteiger partial charge on any atom is -0.496 e. The van der Waals surface area contributed by atoms with E-state index in [0.717, 1.165) is 0 Å². The molecule has 7 nitrogen and oxygen atoms in total. The smallest absolute Gasteiger partial charge is 0.273 e. The summed E-state index contributed by atoms with van der Waals surface area (Å²) in [5, 5.41) is 0.550. The number of amides is 2. The van der Waals surface area contributed by atoms with Gasteiger partial charge in [-0.3, -0.25) is 20.4 Å². The van der Waals surface area contributed by atoms with Crippen molar-refractivity contribution in [2.24, 2.45) is 0 Å². The molecule has 0 radical (unpaired) electrons. The second-order valence-electron chi connectivity index (χ2n) is 4.95. The maximum absolute atomic E-state index is 12.3. The predicted octanol–water partition coefficient (Wildman–Crippen LogP) is 3.09. The van der Waals surface area contributed by atoms with Crippen LogP contribution >= 0.6 is 23.2 Å². The van der Waals surface area contributed by atoms with E-state index < -0.39 is 11.8 Å². The first-order chi connectivity index (χ1) is 12.4. The molecular weight excluding hydrogens is 383 g/mol. The number of hydrogen-bond donors (Lipinski definition) is 2. The Morgan fingerprint density at radius 2 is 1.50 bits per heavy atom. The zero-order valence-corrected chi connectivity index (χ0v) is 15.7. The van der Waals surface area contributed by atoms with Crippen molar-refractivity contribution in [2.75, 3.05) is 21.3 Å². The van der Waals surface area contributed by atoms with Crippen molar-refractivity contribution in [3.8, 4) is 17.2 Å². The summed E-state index contributed by atoms with van der Waals surface area (Å²) in [4.78, 5) is 24.6. The Morgan fingerprint density at radius 1 is 0.846 bits per heavy atom. The van der Waals surface area contributed by atoms with Crippen LogP contribution in [0.4, 0.5) is 0 Å². The molecule has 0 aromatic heterocycles. The highest BCUT2D eigenvalue weighted by Crippen LogP contribution is 2.35. The van der Waals surface area contributed by atoms with Gasteiger partial charge in [-0.2, -0.15) is 0 Å². The lowest BCUT2D eigenvalue weighted by atomic mass is 10.2. The summed E-state index contributed by atoms with van der Waals surface area (Å²) in [5.74, 6) is -0.284. The normalized spacial score (nSPS) is 10.0. The number of nitrogens with one attached hydrogen (secondary N) is 2. The molecule has 0 aliphatic heterocycles. The predicted molar refractivity (Wildman–Crippen MR) is 97.5 cm³/mol. The van der Waals surface area contributed by atoms with Crippen molar-refractivity contribution in [2.45, 2.75) is 0 Å². The zero-order chi connectivity index (χ0) is 19.3. The second-order valence-corrected chi connectivity index (χ2v) is 5.79. The lowest BCUT2D eigenvalue weighted by Gasteiger charge is -2.13. The molecule has 0 bridgehead atoms. The second kappa shape index (κ2) is 8.64. The molecule has 0 saturated carbocycles. The fourth-order valence-electron chi connectivity index (χ4n) is 2.16. The van der Waals surface area contributed by atoms with Gasteiger partial charge < -0.3 is 14.2 Å². The van der Waals surface area contributed by atoms with E-state index in [9.17, 15) is 9.59 Å². The molecule has 0 saturated heterocycles. The number of ether oxygens (including phenoxy) is 3. The maximum Gasteiger partial charge on any atom is 0.273 e. The van der Waals surface area contributed by atoms with Crippen molar-refractivity contribution in [1.82, 2.24) is 10.9 Å². The topological polar surface area (TPSA) is 85.9 Å². The number of halogens is 2. The molecule has 2 amide bonds. The summed E-state index contributed by atoms with van der Waals surface area (Å²) < 4.78 is 15.4. The Kier molecular flexibility index (Phi) is 6.54. The largest absolute Gasteiger partial charge is 0.496 e. The van der Waals surface area contributed by atoms with Crippen LogP contribution in [0.25, 0.3) is 0 Å². The van der Waals surface area contributed by atoms with Crippen LogP contribution in [0.2, 0.25) is 10.0 Å². The molecule has 0 fully saturated rings. The number of rotatable bonds is 5. The lowest BCUT2D eigenvalue weighted by Crippen LogP contribution is -2.41.